The molecule has 1 saturated heterocycles. The van der Waals surface area contributed by atoms with E-state index in [1.54, 1.807) is 0 Å². The summed E-state index contributed by atoms with van der Waals surface area (Å²) in [6.45, 7) is 1.15. The number of aryl methyl sites for hydroxylation is 1. The van der Waals surface area contributed by atoms with Crippen molar-refractivity contribution in [2.45, 2.75) is 6.04 Å². The lowest BCUT2D eigenvalue weighted by Gasteiger charge is -1.96. The summed E-state index contributed by atoms with van der Waals surface area (Å²) in [7, 11) is 2.08. The topological polar surface area (TPSA) is 26.9 Å². The van der Waals surface area contributed by atoms with Gasteiger partial charge in [-0.2, -0.15) is 0 Å². The van der Waals surface area contributed by atoms with E-state index in [9.17, 15) is 0 Å². The molecule has 0 spiro atoms. The van der Waals surface area contributed by atoms with Gasteiger partial charge in [0, 0.05) is 25.5 Å². The van der Waals surface area contributed by atoms with Gasteiger partial charge < -0.3 is 9.88 Å². The van der Waals surface area contributed by atoms with Crippen LogP contribution < -0.4 is 5.32 Å². The average molecular weight is 122 g/mol. The molecule has 1 aliphatic rings. The summed E-state index contributed by atoms with van der Waals surface area (Å²) < 4.78 is 2.16. The Morgan fingerprint density at radius 1 is 1.78 bits per heavy atom. The fourth-order valence-electron chi connectivity index (χ4n) is 1.10. The fraction of sp³-hybridized carbons (Fsp3) is 0.429. The van der Waals surface area contributed by atoms with Crippen molar-refractivity contribution in [2.75, 3.05) is 6.54 Å². The highest BCUT2D eigenvalue weighted by molar-refractivity contribution is 5.16. The first-order chi connectivity index (χ1) is 4.38. The smallest absolute Gasteiger partial charge is 0.0602 e. The van der Waals surface area contributed by atoms with Gasteiger partial charge in [-0.3, -0.25) is 0 Å². The summed E-state index contributed by atoms with van der Waals surface area (Å²) >= 11 is 0. The summed E-state index contributed by atoms with van der Waals surface area (Å²) in [5.74, 6) is 0. The molecule has 0 aromatic carbocycles. The molecule has 1 aliphatic heterocycles. The van der Waals surface area contributed by atoms with Gasteiger partial charge in [0.1, 0.15) is 0 Å². The highest BCUT2D eigenvalue weighted by Gasteiger charge is 2.23. The van der Waals surface area contributed by atoms with Crippen molar-refractivity contribution in [2.24, 2.45) is 7.05 Å². The van der Waals surface area contributed by atoms with Crippen LogP contribution in [-0.2, 0) is 7.05 Å². The number of aromatic nitrogens is 1. The molecule has 1 aromatic heterocycles. The summed E-state index contributed by atoms with van der Waals surface area (Å²) in [6.07, 6.45) is 2.08. The van der Waals surface area contributed by atoms with Crippen molar-refractivity contribution in [1.29, 1.82) is 0 Å². The van der Waals surface area contributed by atoms with E-state index in [-0.39, 0.29) is 0 Å². The van der Waals surface area contributed by atoms with Crippen molar-refractivity contribution in [3.05, 3.63) is 24.0 Å². The molecule has 1 N–H and O–H groups in total. The van der Waals surface area contributed by atoms with Crippen LogP contribution in [0.5, 0.6) is 0 Å². The van der Waals surface area contributed by atoms with E-state index in [4.69, 9.17) is 0 Å². The van der Waals surface area contributed by atoms with E-state index in [0.29, 0.717) is 6.04 Å². The molecule has 0 saturated carbocycles. The van der Waals surface area contributed by atoms with Crippen molar-refractivity contribution in [1.82, 2.24) is 9.88 Å². The molecule has 1 atom stereocenters. The number of nitrogens with zero attached hydrogens (tertiary/aromatic N) is 1. The van der Waals surface area contributed by atoms with Gasteiger partial charge in [-0.25, -0.2) is 0 Å². The van der Waals surface area contributed by atoms with Gasteiger partial charge in [0.15, 0.2) is 0 Å². The molecule has 2 rings (SSSR count). The van der Waals surface area contributed by atoms with Crippen molar-refractivity contribution >= 4 is 0 Å². The van der Waals surface area contributed by atoms with E-state index in [2.05, 4.69) is 35.3 Å². The first-order valence-electron chi connectivity index (χ1n) is 3.22. The highest BCUT2D eigenvalue weighted by Crippen LogP contribution is 2.20. The molecular formula is C7H10N2. The molecule has 1 fully saturated rings. The molecule has 2 nitrogen and oxygen atoms in total. The third-order valence-corrected chi connectivity index (χ3v) is 1.75. The van der Waals surface area contributed by atoms with Gasteiger partial charge in [-0.1, -0.05) is 0 Å². The maximum Gasteiger partial charge on any atom is 0.0602 e. The molecule has 2 heterocycles. The minimum atomic E-state index is 0.644. The van der Waals surface area contributed by atoms with Gasteiger partial charge in [-0.05, 0) is 12.1 Å². The van der Waals surface area contributed by atoms with Crippen LogP contribution in [0.25, 0.3) is 0 Å². The van der Waals surface area contributed by atoms with Crippen LogP contribution >= 0.6 is 0 Å². The van der Waals surface area contributed by atoms with Crippen molar-refractivity contribution in [3.63, 3.8) is 0 Å². The van der Waals surface area contributed by atoms with Crippen LogP contribution in [0.2, 0.25) is 0 Å². The SMILES string of the molecule is Cn1cccc1[C@H]1CN1. The molecule has 0 amide bonds. The number of hydrogen-bond acceptors (Lipinski definition) is 1. The van der Waals surface area contributed by atoms with Crippen LogP contribution in [0.1, 0.15) is 11.7 Å². The zero-order valence-corrected chi connectivity index (χ0v) is 5.46. The van der Waals surface area contributed by atoms with Gasteiger partial charge in [-0.15, -0.1) is 0 Å². The van der Waals surface area contributed by atoms with Gasteiger partial charge in [0.05, 0.1) is 6.04 Å². The number of hydrogen-bond donors (Lipinski definition) is 1. The van der Waals surface area contributed by atoms with Gasteiger partial charge in [0.25, 0.3) is 0 Å². The van der Waals surface area contributed by atoms with Crippen LogP contribution in [0.4, 0.5) is 0 Å². The maximum atomic E-state index is 3.26. The third kappa shape index (κ3) is 0.754. The second kappa shape index (κ2) is 1.61. The Balaban J connectivity index is 2.35. The minimum Gasteiger partial charge on any atom is -0.353 e. The molecule has 0 radical (unpaired) electrons. The van der Waals surface area contributed by atoms with Crippen LogP contribution in [0.3, 0.4) is 0 Å². The highest BCUT2D eigenvalue weighted by atomic mass is 15.1. The first kappa shape index (κ1) is 5.06. The monoisotopic (exact) mass is 122 g/mol. The van der Waals surface area contributed by atoms with E-state index in [1.165, 1.54) is 5.69 Å². The zero-order chi connectivity index (χ0) is 6.27. The molecule has 0 bridgehead atoms. The van der Waals surface area contributed by atoms with Crippen molar-refractivity contribution in [3.8, 4) is 0 Å². The summed E-state index contributed by atoms with van der Waals surface area (Å²) in [6, 6.07) is 4.88. The lowest BCUT2D eigenvalue weighted by atomic mass is 10.3. The Kier molecular flexibility index (Phi) is 0.904. The third-order valence-electron chi connectivity index (χ3n) is 1.75. The van der Waals surface area contributed by atoms with Crippen LogP contribution in [0.15, 0.2) is 18.3 Å². The van der Waals surface area contributed by atoms with Gasteiger partial charge >= 0.3 is 0 Å². The van der Waals surface area contributed by atoms with Gasteiger partial charge in [0.2, 0.25) is 0 Å². The predicted molar refractivity (Wildman–Crippen MR) is 36.2 cm³/mol. The Bertz CT molecular complexity index is 210. The molecule has 0 aliphatic carbocycles. The lowest BCUT2D eigenvalue weighted by molar-refractivity contribution is 0.823. The molecule has 9 heavy (non-hydrogen) atoms. The standard InChI is InChI=1S/C7H10N2/c1-9-4-2-3-7(9)6-5-8-6/h2-4,6,8H,5H2,1H3/t6-/m1/s1. The summed E-state index contributed by atoms with van der Waals surface area (Å²) in [5, 5.41) is 3.26. The Morgan fingerprint density at radius 3 is 3.00 bits per heavy atom. The first-order valence-corrected chi connectivity index (χ1v) is 3.22. The quantitative estimate of drug-likeness (QED) is 0.544. The van der Waals surface area contributed by atoms with E-state index in [0.717, 1.165) is 6.54 Å². The number of nitrogens with one attached hydrogen (secondary N) is 1. The second-order valence-corrected chi connectivity index (χ2v) is 2.50. The second-order valence-electron chi connectivity index (χ2n) is 2.50. The Labute approximate surface area is 54.5 Å². The summed E-state index contributed by atoms with van der Waals surface area (Å²) in [5.41, 5.74) is 1.40. The molecular weight excluding hydrogens is 112 g/mol. The fourth-order valence-corrected chi connectivity index (χ4v) is 1.10. The van der Waals surface area contributed by atoms with E-state index < -0.39 is 0 Å². The Morgan fingerprint density at radius 2 is 2.56 bits per heavy atom. The van der Waals surface area contributed by atoms with Crippen molar-refractivity contribution < 1.29 is 0 Å². The van der Waals surface area contributed by atoms with Crippen LogP contribution in [0, 0.1) is 0 Å². The largest absolute Gasteiger partial charge is 0.353 e. The number of rotatable bonds is 1. The summed E-state index contributed by atoms with van der Waals surface area (Å²) in [4.78, 5) is 0. The zero-order valence-electron chi connectivity index (χ0n) is 5.46. The molecule has 0 unspecified atom stereocenters. The molecule has 2 heteroatoms. The average Bonchev–Trinajstić information content (AvgIpc) is 2.58. The normalized spacial score (nSPS) is 24.3. The minimum absolute atomic E-state index is 0.644. The van der Waals surface area contributed by atoms with E-state index >= 15 is 0 Å². The van der Waals surface area contributed by atoms with E-state index in [1.807, 2.05) is 0 Å². The molecule has 48 valence electrons. The van der Waals surface area contributed by atoms with Crippen LogP contribution in [-0.4, -0.2) is 11.1 Å². The maximum absolute atomic E-state index is 3.26. The lowest BCUT2D eigenvalue weighted by Crippen LogP contribution is -1.93. The molecule has 1 aromatic rings. The predicted octanol–water partition coefficient (Wildman–Crippen LogP) is 0.669. The Hall–Kier alpha value is -0.760.